The van der Waals surface area contributed by atoms with Crippen LogP contribution in [0, 0.1) is 0 Å². The molecule has 1 aromatic heterocycles. The Labute approximate surface area is 199 Å². The van der Waals surface area contributed by atoms with Gasteiger partial charge in [0.05, 0.1) is 24.1 Å². The van der Waals surface area contributed by atoms with Crippen molar-refractivity contribution in [2.24, 2.45) is 0 Å². The predicted molar refractivity (Wildman–Crippen MR) is 130 cm³/mol. The molecule has 1 saturated heterocycles. The summed E-state index contributed by atoms with van der Waals surface area (Å²) in [4.78, 5) is 16.9. The van der Waals surface area contributed by atoms with Crippen LogP contribution in [0.15, 0.2) is 47.4 Å². The summed E-state index contributed by atoms with van der Waals surface area (Å²) in [6, 6.07) is 12.7. The molecule has 10 nitrogen and oxygen atoms in total. The second-order valence-electron chi connectivity index (χ2n) is 8.61. The Morgan fingerprint density at radius 1 is 1.12 bits per heavy atom. The van der Waals surface area contributed by atoms with Crippen molar-refractivity contribution in [3.63, 3.8) is 0 Å². The molecule has 2 heterocycles. The number of sulfonamides is 1. The molecule has 0 aliphatic carbocycles. The van der Waals surface area contributed by atoms with E-state index in [1.807, 2.05) is 38.1 Å². The molecule has 1 aliphatic heterocycles. The molecule has 1 fully saturated rings. The zero-order chi connectivity index (χ0) is 24.5. The molecule has 0 N–H and O–H groups in total. The van der Waals surface area contributed by atoms with Gasteiger partial charge in [-0.2, -0.15) is 4.31 Å². The van der Waals surface area contributed by atoms with Crippen LogP contribution in [0.3, 0.4) is 0 Å². The minimum Gasteiger partial charge on any atom is -0.497 e. The molecule has 1 aliphatic rings. The van der Waals surface area contributed by atoms with Crippen LogP contribution in [0.25, 0.3) is 11.0 Å². The summed E-state index contributed by atoms with van der Waals surface area (Å²) in [5.74, 6) is 0.566. The molecular formula is C23H30N6O4S. The molecule has 34 heavy (non-hydrogen) atoms. The van der Waals surface area contributed by atoms with Crippen LogP contribution in [0.1, 0.15) is 19.9 Å². The van der Waals surface area contributed by atoms with Crippen molar-refractivity contribution in [3.05, 3.63) is 42.5 Å². The first kappa shape index (κ1) is 24.0. The lowest BCUT2D eigenvalue weighted by Gasteiger charge is -2.36. The fraction of sp³-hybridized carbons (Fsp3) is 0.435. The number of piperazine rings is 1. The van der Waals surface area contributed by atoms with Crippen LogP contribution in [0.5, 0.6) is 5.75 Å². The molecule has 0 unspecified atom stereocenters. The summed E-state index contributed by atoms with van der Waals surface area (Å²) in [5, 5.41) is 8.19. The van der Waals surface area contributed by atoms with Crippen LogP contribution < -0.4 is 9.64 Å². The normalized spacial score (nSPS) is 14.9. The lowest BCUT2D eigenvalue weighted by atomic mass is 10.2. The number of hydrogen-bond acceptors (Lipinski definition) is 7. The summed E-state index contributed by atoms with van der Waals surface area (Å²) in [6.07, 6.45) is 0. The molecule has 1 amide bonds. The zero-order valence-electron chi connectivity index (χ0n) is 19.9. The first-order valence-corrected chi connectivity index (χ1v) is 12.6. The highest BCUT2D eigenvalue weighted by atomic mass is 32.2. The maximum atomic E-state index is 13.1. The Morgan fingerprint density at radius 3 is 2.53 bits per heavy atom. The van der Waals surface area contributed by atoms with Gasteiger partial charge in [-0.3, -0.25) is 4.79 Å². The standard InChI is InChI=1S/C23H30N6O4S/c1-17(2)29-22-9-8-20(15-21(22)24-25-29)34(31,32)26(3)16-23(30)28-12-10-27(11-13-28)18-6-5-7-19(14-18)33-4/h5-9,14-15,17H,10-13,16H2,1-4H3. The molecular weight excluding hydrogens is 456 g/mol. The fourth-order valence-corrected chi connectivity index (χ4v) is 5.18. The number of nitrogens with zero attached hydrogens (tertiary/aromatic N) is 6. The average molecular weight is 487 g/mol. The number of likely N-dealkylation sites (N-methyl/N-ethyl adjacent to an activating group) is 1. The highest BCUT2D eigenvalue weighted by molar-refractivity contribution is 7.89. The minimum absolute atomic E-state index is 0.0916. The first-order valence-electron chi connectivity index (χ1n) is 11.2. The molecule has 4 rings (SSSR count). The number of carbonyl (C=O) groups is 1. The molecule has 11 heteroatoms. The van der Waals surface area contributed by atoms with Gasteiger partial charge in [0, 0.05) is 51.0 Å². The summed E-state index contributed by atoms with van der Waals surface area (Å²) >= 11 is 0. The monoisotopic (exact) mass is 486 g/mol. The Hall–Kier alpha value is -3.18. The highest BCUT2D eigenvalue weighted by Gasteiger charge is 2.28. The zero-order valence-corrected chi connectivity index (χ0v) is 20.7. The van der Waals surface area contributed by atoms with E-state index in [1.54, 1.807) is 22.8 Å². The van der Waals surface area contributed by atoms with Gasteiger partial charge in [0.1, 0.15) is 11.3 Å². The van der Waals surface area contributed by atoms with E-state index >= 15 is 0 Å². The van der Waals surface area contributed by atoms with E-state index in [0.29, 0.717) is 31.7 Å². The average Bonchev–Trinajstić information content (AvgIpc) is 3.28. The summed E-state index contributed by atoms with van der Waals surface area (Å²) in [6.45, 7) is 6.11. The van der Waals surface area contributed by atoms with Crippen molar-refractivity contribution in [2.45, 2.75) is 24.8 Å². The van der Waals surface area contributed by atoms with Crippen molar-refractivity contribution in [1.82, 2.24) is 24.2 Å². The SMILES string of the molecule is COc1cccc(N2CCN(C(=O)CN(C)S(=O)(=O)c3ccc4c(c3)nnn4C(C)C)CC2)c1. The van der Waals surface area contributed by atoms with Gasteiger partial charge in [-0.15, -0.1) is 5.10 Å². The quantitative estimate of drug-likeness (QED) is 0.503. The van der Waals surface area contributed by atoms with Crippen LogP contribution >= 0.6 is 0 Å². The third-order valence-electron chi connectivity index (χ3n) is 6.05. The molecule has 2 aromatic carbocycles. The smallest absolute Gasteiger partial charge is 0.243 e. The van der Waals surface area contributed by atoms with Gasteiger partial charge in [0.2, 0.25) is 15.9 Å². The number of hydrogen-bond donors (Lipinski definition) is 0. The van der Waals surface area contributed by atoms with Crippen molar-refractivity contribution in [1.29, 1.82) is 0 Å². The second kappa shape index (κ2) is 9.59. The second-order valence-corrected chi connectivity index (χ2v) is 10.7. The van der Waals surface area contributed by atoms with Gasteiger partial charge < -0.3 is 14.5 Å². The highest BCUT2D eigenvalue weighted by Crippen LogP contribution is 2.23. The van der Waals surface area contributed by atoms with E-state index in [9.17, 15) is 13.2 Å². The maximum absolute atomic E-state index is 13.1. The van der Waals surface area contributed by atoms with Crippen LogP contribution in [-0.4, -0.2) is 85.4 Å². The number of ether oxygens (including phenoxy) is 1. The molecule has 0 atom stereocenters. The van der Waals surface area contributed by atoms with E-state index in [4.69, 9.17) is 4.74 Å². The third-order valence-corrected chi connectivity index (χ3v) is 7.85. The maximum Gasteiger partial charge on any atom is 0.243 e. The molecule has 0 spiro atoms. The van der Waals surface area contributed by atoms with E-state index in [2.05, 4.69) is 15.2 Å². The number of methoxy groups -OCH3 is 1. The van der Waals surface area contributed by atoms with Gasteiger partial charge in [-0.05, 0) is 44.2 Å². The van der Waals surface area contributed by atoms with E-state index in [-0.39, 0.29) is 23.4 Å². The van der Waals surface area contributed by atoms with Crippen molar-refractivity contribution in [2.75, 3.05) is 51.8 Å². The summed E-state index contributed by atoms with van der Waals surface area (Å²) < 4.78 is 34.4. The number of benzene rings is 2. The van der Waals surface area contributed by atoms with Crippen LogP contribution in [0.4, 0.5) is 5.69 Å². The van der Waals surface area contributed by atoms with Gasteiger partial charge in [-0.25, -0.2) is 13.1 Å². The number of amides is 1. The van der Waals surface area contributed by atoms with Gasteiger partial charge in [0.15, 0.2) is 0 Å². The van der Waals surface area contributed by atoms with Crippen molar-refractivity contribution >= 4 is 32.7 Å². The van der Waals surface area contributed by atoms with E-state index < -0.39 is 10.0 Å². The Kier molecular flexibility index (Phi) is 6.76. The van der Waals surface area contributed by atoms with Crippen molar-refractivity contribution in [3.8, 4) is 5.75 Å². The Bertz CT molecular complexity index is 1280. The largest absolute Gasteiger partial charge is 0.497 e. The minimum atomic E-state index is -3.85. The molecule has 0 bridgehead atoms. The van der Waals surface area contributed by atoms with Gasteiger partial charge in [-0.1, -0.05) is 11.3 Å². The van der Waals surface area contributed by atoms with Crippen LogP contribution in [-0.2, 0) is 14.8 Å². The van der Waals surface area contributed by atoms with E-state index in [1.165, 1.54) is 19.2 Å². The third kappa shape index (κ3) is 4.71. The Morgan fingerprint density at radius 2 is 1.85 bits per heavy atom. The summed E-state index contributed by atoms with van der Waals surface area (Å²) in [5.41, 5.74) is 2.31. The summed E-state index contributed by atoms with van der Waals surface area (Å²) in [7, 11) is -0.794. The lowest BCUT2D eigenvalue weighted by Crippen LogP contribution is -2.51. The van der Waals surface area contributed by atoms with Crippen LogP contribution in [0.2, 0.25) is 0 Å². The van der Waals surface area contributed by atoms with E-state index in [0.717, 1.165) is 21.3 Å². The number of rotatable bonds is 7. The number of carbonyl (C=O) groups excluding carboxylic acids is 1. The van der Waals surface area contributed by atoms with Crippen molar-refractivity contribution < 1.29 is 17.9 Å². The number of fused-ring (bicyclic) bond motifs is 1. The predicted octanol–water partition coefficient (Wildman–Crippen LogP) is 1.99. The molecule has 3 aromatic rings. The van der Waals surface area contributed by atoms with Gasteiger partial charge in [0.25, 0.3) is 0 Å². The number of anilines is 1. The van der Waals surface area contributed by atoms with Gasteiger partial charge >= 0.3 is 0 Å². The molecule has 182 valence electrons. The molecule has 0 radical (unpaired) electrons. The number of aromatic nitrogens is 3. The topological polar surface area (TPSA) is 101 Å². The fourth-order valence-electron chi connectivity index (χ4n) is 4.04. The Balaban J connectivity index is 1.39. The molecule has 0 saturated carbocycles. The first-order chi connectivity index (χ1) is 16.2. The lowest BCUT2D eigenvalue weighted by molar-refractivity contribution is -0.131.